The number of hydrogen-bond acceptors (Lipinski definition) is 4. The van der Waals surface area contributed by atoms with Crippen LogP contribution in [0.25, 0.3) is 11.8 Å². The first kappa shape index (κ1) is 24.3. The van der Waals surface area contributed by atoms with Gasteiger partial charge in [0.15, 0.2) is 0 Å². The summed E-state index contributed by atoms with van der Waals surface area (Å²) in [5, 5.41) is 5.26. The van der Waals surface area contributed by atoms with Crippen molar-refractivity contribution in [1.29, 1.82) is 0 Å². The monoisotopic (exact) mass is 536 g/mol. The van der Waals surface area contributed by atoms with Gasteiger partial charge in [-0.2, -0.15) is 0 Å². The number of aromatic nitrogens is 1. The van der Waals surface area contributed by atoms with Crippen molar-refractivity contribution < 1.29 is 19.1 Å². The zero-order chi connectivity index (χ0) is 25.3. The van der Waals surface area contributed by atoms with Crippen molar-refractivity contribution >= 4 is 45.5 Å². The molecule has 1 fully saturated rings. The molecule has 2 heterocycles. The number of carbonyl (C=O) groups excluding carboxylic acids is 3. The number of nitrogens with one attached hydrogen (secondary N) is 2. The van der Waals surface area contributed by atoms with E-state index in [4.69, 9.17) is 4.74 Å². The first-order chi connectivity index (χ1) is 16.7. The maximum absolute atomic E-state index is 12.9. The van der Waals surface area contributed by atoms with Gasteiger partial charge in [-0.25, -0.2) is 9.69 Å². The molecule has 35 heavy (non-hydrogen) atoms. The molecule has 9 heteroatoms. The second-order valence-electron chi connectivity index (χ2n) is 8.22. The molecule has 1 aromatic heterocycles. The molecule has 0 bridgehead atoms. The summed E-state index contributed by atoms with van der Waals surface area (Å²) in [6.07, 6.45) is 1.64. The van der Waals surface area contributed by atoms with E-state index in [1.54, 1.807) is 30.3 Å². The van der Waals surface area contributed by atoms with Crippen LogP contribution in [0.4, 0.5) is 10.5 Å². The minimum Gasteiger partial charge on any atom is -0.495 e. The van der Waals surface area contributed by atoms with Crippen LogP contribution in [0.15, 0.2) is 58.7 Å². The number of urea groups is 1. The fraction of sp³-hybridized carbons (Fsp3) is 0.192. The highest BCUT2D eigenvalue weighted by Crippen LogP contribution is 2.27. The van der Waals surface area contributed by atoms with Crippen molar-refractivity contribution in [3.8, 4) is 11.4 Å². The van der Waals surface area contributed by atoms with Gasteiger partial charge in [0, 0.05) is 21.5 Å². The van der Waals surface area contributed by atoms with Gasteiger partial charge in [-0.1, -0.05) is 28.1 Å². The fourth-order valence-corrected chi connectivity index (χ4v) is 4.30. The van der Waals surface area contributed by atoms with E-state index in [2.05, 4.69) is 37.2 Å². The summed E-state index contributed by atoms with van der Waals surface area (Å²) in [4.78, 5) is 38.8. The molecule has 1 saturated heterocycles. The summed E-state index contributed by atoms with van der Waals surface area (Å²) in [6, 6.07) is 14.3. The Balaban J connectivity index is 1.54. The van der Waals surface area contributed by atoms with Crippen molar-refractivity contribution in [2.24, 2.45) is 0 Å². The van der Waals surface area contributed by atoms with E-state index in [9.17, 15) is 14.4 Å². The highest BCUT2D eigenvalue weighted by Gasteiger charge is 2.35. The molecule has 180 valence electrons. The molecule has 2 N–H and O–H groups in total. The summed E-state index contributed by atoms with van der Waals surface area (Å²) in [6.45, 7) is 5.54. The van der Waals surface area contributed by atoms with E-state index >= 15 is 0 Å². The number of halogens is 1. The molecule has 0 saturated carbocycles. The Morgan fingerprint density at radius 1 is 1.11 bits per heavy atom. The molecule has 3 aromatic rings. The summed E-state index contributed by atoms with van der Waals surface area (Å²) in [5.74, 6) is -0.590. The summed E-state index contributed by atoms with van der Waals surface area (Å²) >= 11 is 3.53. The average Bonchev–Trinajstić information content (AvgIpc) is 3.25. The Labute approximate surface area is 211 Å². The summed E-state index contributed by atoms with van der Waals surface area (Å²) in [5.41, 5.74) is 5.39. The molecule has 4 rings (SSSR count). The van der Waals surface area contributed by atoms with Gasteiger partial charge in [0.25, 0.3) is 5.91 Å². The predicted octanol–water partition coefficient (Wildman–Crippen LogP) is 4.71. The van der Waals surface area contributed by atoms with E-state index in [1.807, 2.05) is 39.0 Å². The van der Waals surface area contributed by atoms with Crippen LogP contribution in [0, 0.1) is 20.8 Å². The third-order valence-corrected chi connectivity index (χ3v) is 6.70. The molecule has 8 nitrogen and oxygen atoms in total. The minimum absolute atomic E-state index is 0.118. The van der Waals surface area contributed by atoms with Crippen LogP contribution >= 0.6 is 15.9 Å². The summed E-state index contributed by atoms with van der Waals surface area (Å²) in [7, 11) is 1.49. The van der Waals surface area contributed by atoms with Gasteiger partial charge in [-0.15, -0.1) is 0 Å². The predicted molar refractivity (Wildman–Crippen MR) is 138 cm³/mol. The molecule has 0 radical (unpaired) electrons. The van der Waals surface area contributed by atoms with Crippen LogP contribution in [0.3, 0.4) is 0 Å². The van der Waals surface area contributed by atoms with Crippen LogP contribution in [0.5, 0.6) is 5.75 Å². The number of anilines is 1. The highest BCUT2D eigenvalue weighted by molar-refractivity contribution is 9.10. The van der Waals surface area contributed by atoms with Gasteiger partial charge < -0.3 is 19.9 Å². The molecular formula is C26H25BrN4O4. The van der Waals surface area contributed by atoms with E-state index in [0.717, 1.165) is 37.6 Å². The molecule has 0 aliphatic carbocycles. The molecular weight excluding hydrogens is 512 g/mol. The van der Waals surface area contributed by atoms with Crippen molar-refractivity contribution in [1.82, 2.24) is 14.8 Å². The standard InChI is InChI=1S/C26H25BrN4O4/c1-15-11-19(9-10-20(15)27)31-16(2)12-18(17(31)3)13-22-25(33)30(26(34)29-22)14-24(32)28-21-7-5-6-8-23(21)35-4/h5-13H,14H2,1-4H3,(H,28,32)(H,29,34)/b22-13+. The van der Waals surface area contributed by atoms with Crippen molar-refractivity contribution in [2.45, 2.75) is 20.8 Å². The number of imide groups is 1. The normalized spacial score (nSPS) is 14.4. The van der Waals surface area contributed by atoms with Crippen molar-refractivity contribution in [3.63, 3.8) is 0 Å². The molecule has 0 unspecified atom stereocenters. The van der Waals surface area contributed by atoms with Gasteiger partial charge in [0.05, 0.1) is 12.8 Å². The lowest BCUT2D eigenvalue weighted by Gasteiger charge is -2.13. The van der Waals surface area contributed by atoms with Gasteiger partial charge in [0.2, 0.25) is 5.91 Å². The topological polar surface area (TPSA) is 92.7 Å². The molecule has 1 aliphatic heterocycles. The average molecular weight is 537 g/mol. The number of ether oxygens (including phenoxy) is 1. The molecule has 0 atom stereocenters. The smallest absolute Gasteiger partial charge is 0.329 e. The number of nitrogens with zero attached hydrogens (tertiary/aromatic N) is 2. The van der Waals surface area contributed by atoms with E-state index < -0.39 is 24.4 Å². The fourth-order valence-electron chi connectivity index (χ4n) is 4.05. The van der Waals surface area contributed by atoms with Crippen molar-refractivity contribution in [2.75, 3.05) is 19.0 Å². The number of benzene rings is 2. The largest absolute Gasteiger partial charge is 0.495 e. The maximum atomic E-state index is 12.9. The second-order valence-corrected chi connectivity index (χ2v) is 9.08. The first-order valence-corrected chi connectivity index (χ1v) is 11.7. The SMILES string of the molecule is COc1ccccc1NC(=O)CN1C(=O)N/C(=C/c2cc(C)n(-c3ccc(Br)c(C)c3)c2C)C1=O. The lowest BCUT2D eigenvalue weighted by atomic mass is 10.2. The number of para-hydroxylation sites is 2. The Kier molecular flexibility index (Phi) is 6.79. The minimum atomic E-state index is -0.645. The number of methoxy groups -OCH3 is 1. The summed E-state index contributed by atoms with van der Waals surface area (Å²) < 4.78 is 8.34. The highest BCUT2D eigenvalue weighted by atomic mass is 79.9. The molecule has 0 spiro atoms. The lowest BCUT2D eigenvalue weighted by molar-refractivity contribution is -0.127. The van der Waals surface area contributed by atoms with E-state index in [1.165, 1.54) is 7.11 Å². The Bertz CT molecular complexity index is 1380. The van der Waals surface area contributed by atoms with Crippen LogP contribution in [0.2, 0.25) is 0 Å². The van der Waals surface area contributed by atoms with Crippen LogP contribution in [-0.4, -0.2) is 41.0 Å². The van der Waals surface area contributed by atoms with Crippen LogP contribution < -0.4 is 15.4 Å². The van der Waals surface area contributed by atoms with Gasteiger partial charge in [-0.05, 0) is 74.4 Å². The number of aryl methyl sites for hydroxylation is 2. The molecule has 4 amide bonds. The lowest BCUT2D eigenvalue weighted by Crippen LogP contribution is -2.38. The van der Waals surface area contributed by atoms with Crippen LogP contribution in [0.1, 0.15) is 22.5 Å². The first-order valence-electron chi connectivity index (χ1n) is 10.9. The molecule has 2 aromatic carbocycles. The molecule has 1 aliphatic rings. The Morgan fingerprint density at radius 2 is 1.86 bits per heavy atom. The van der Waals surface area contributed by atoms with Gasteiger partial charge >= 0.3 is 6.03 Å². The number of rotatable bonds is 6. The number of amides is 4. The van der Waals surface area contributed by atoms with Gasteiger partial charge in [-0.3, -0.25) is 9.59 Å². The quantitative estimate of drug-likeness (QED) is 0.352. The third-order valence-electron chi connectivity index (χ3n) is 5.81. The zero-order valence-corrected chi connectivity index (χ0v) is 21.4. The number of hydrogen-bond donors (Lipinski definition) is 2. The third kappa shape index (κ3) is 4.85. The zero-order valence-electron chi connectivity index (χ0n) is 19.8. The maximum Gasteiger partial charge on any atom is 0.329 e. The van der Waals surface area contributed by atoms with E-state index in [0.29, 0.717) is 11.4 Å². The number of carbonyl (C=O) groups is 3. The van der Waals surface area contributed by atoms with Gasteiger partial charge in [0.1, 0.15) is 18.0 Å². The Hall–Kier alpha value is -3.85. The second kappa shape index (κ2) is 9.79. The van der Waals surface area contributed by atoms with E-state index in [-0.39, 0.29) is 5.70 Å². The van der Waals surface area contributed by atoms with Crippen LogP contribution in [-0.2, 0) is 9.59 Å². The van der Waals surface area contributed by atoms with Crippen molar-refractivity contribution in [3.05, 3.63) is 81.2 Å². The Morgan fingerprint density at radius 3 is 2.57 bits per heavy atom.